The third kappa shape index (κ3) is 7.72. The number of nitrogens with one attached hydrogen (secondary N) is 1. The second-order valence-corrected chi connectivity index (χ2v) is 13.3. The number of amides is 2. The molecule has 1 aliphatic rings. The van der Waals surface area contributed by atoms with Gasteiger partial charge < -0.3 is 10.2 Å². The standard InChI is InChI=1S/C33H40ClN3O4S/c1-4-30(33(39)35-28-11-6-5-7-12-28)36(22-26-16-14-24(2)15-17-26)32(38)23-37(31-13-9-8-10-25(31)3)42(40,41)29-20-18-27(34)19-21-29/h8-10,13-21,28,30H,4-7,11-12,22-23H2,1-3H3,(H,35,39). The fourth-order valence-corrected chi connectivity index (χ4v) is 7.05. The van der Waals surface area contributed by atoms with Crippen LogP contribution in [0.3, 0.4) is 0 Å². The van der Waals surface area contributed by atoms with E-state index in [0.717, 1.165) is 41.1 Å². The number of anilines is 1. The average Bonchev–Trinajstić information content (AvgIpc) is 2.98. The summed E-state index contributed by atoms with van der Waals surface area (Å²) in [4.78, 5) is 29.5. The third-order valence-electron chi connectivity index (χ3n) is 7.88. The second-order valence-electron chi connectivity index (χ2n) is 11.0. The fourth-order valence-electron chi connectivity index (χ4n) is 5.44. The second kappa shape index (κ2) is 14.2. The molecule has 3 aromatic rings. The van der Waals surface area contributed by atoms with Crippen LogP contribution in [-0.4, -0.2) is 43.8 Å². The molecule has 1 unspecified atom stereocenters. The van der Waals surface area contributed by atoms with Crippen LogP contribution >= 0.6 is 11.6 Å². The topological polar surface area (TPSA) is 86.8 Å². The quantitative estimate of drug-likeness (QED) is 0.272. The van der Waals surface area contributed by atoms with Crippen molar-refractivity contribution in [2.45, 2.75) is 82.8 Å². The predicted octanol–water partition coefficient (Wildman–Crippen LogP) is 6.41. The maximum atomic E-state index is 14.3. The van der Waals surface area contributed by atoms with Gasteiger partial charge in [0.05, 0.1) is 10.6 Å². The lowest BCUT2D eigenvalue weighted by atomic mass is 9.95. The van der Waals surface area contributed by atoms with Gasteiger partial charge in [-0.1, -0.05) is 85.8 Å². The van der Waals surface area contributed by atoms with Gasteiger partial charge in [0, 0.05) is 17.6 Å². The van der Waals surface area contributed by atoms with E-state index >= 15 is 0 Å². The Morgan fingerprint density at radius 1 is 0.929 bits per heavy atom. The van der Waals surface area contributed by atoms with Crippen LogP contribution in [0.1, 0.15) is 62.1 Å². The lowest BCUT2D eigenvalue weighted by molar-refractivity contribution is -0.140. The Hall–Kier alpha value is -3.36. The van der Waals surface area contributed by atoms with Gasteiger partial charge in [-0.15, -0.1) is 0 Å². The highest BCUT2D eigenvalue weighted by molar-refractivity contribution is 7.92. The van der Waals surface area contributed by atoms with Gasteiger partial charge in [0.25, 0.3) is 10.0 Å². The molecule has 2 amide bonds. The number of para-hydroxylation sites is 1. The monoisotopic (exact) mass is 609 g/mol. The van der Waals surface area contributed by atoms with Crippen LogP contribution in [0.15, 0.2) is 77.7 Å². The normalized spacial score (nSPS) is 14.7. The van der Waals surface area contributed by atoms with E-state index in [1.165, 1.54) is 35.6 Å². The van der Waals surface area contributed by atoms with Gasteiger partial charge in [0.2, 0.25) is 11.8 Å². The molecule has 1 atom stereocenters. The lowest BCUT2D eigenvalue weighted by Crippen LogP contribution is -2.54. The van der Waals surface area contributed by atoms with Crippen molar-refractivity contribution >= 4 is 39.1 Å². The molecule has 3 aromatic carbocycles. The highest BCUT2D eigenvalue weighted by atomic mass is 35.5. The molecule has 1 N–H and O–H groups in total. The third-order valence-corrected chi connectivity index (χ3v) is 9.90. The predicted molar refractivity (Wildman–Crippen MR) is 168 cm³/mol. The van der Waals surface area contributed by atoms with Crippen molar-refractivity contribution in [3.05, 3.63) is 94.5 Å². The minimum absolute atomic E-state index is 0.0233. The Kier molecular flexibility index (Phi) is 10.7. The van der Waals surface area contributed by atoms with Crippen molar-refractivity contribution in [2.75, 3.05) is 10.8 Å². The van der Waals surface area contributed by atoms with E-state index < -0.39 is 28.5 Å². The molecule has 0 aliphatic heterocycles. The first kappa shape index (κ1) is 31.6. The number of hydrogen-bond donors (Lipinski definition) is 1. The Morgan fingerprint density at radius 3 is 2.19 bits per heavy atom. The zero-order chi connectivity index (χ0) is 30.3. The molecule has 7 nitrogen and oxygen atoms in total. The molecule has 1 aliphatic carbocycles. The van der Waals surface area contributed by atoms with Crippen molar-refractivity contribution < 1.29 is 18.0 Å². The molecule has 0 spiro atoms. The van der Waals surface area contributed by atoms with Crippen LogP contribution in [0.25, 0.3) is 0 Å². The van der Waals surface area contributed by atoms with Crippen LogP contribution in [0.4, 0.5) is 5.69 Å². The molecule has 0 heterocycles. The zero-order valence-corrected chi connectivity index (χ0v) is 26.1. The van der Waals surface area contributed by atoms with Crippen LogP contribution in [0.5, 0.6) is 0 Å². The number of sulfonamides is 1. The molecular weight excluding hydrogens is 570 g/mol. The molecule has 0 saturated heterocycles. The largest absolute Gasteiger partial charge is 0.352 e. The number of rotatable bonds is 11. The van der Waals surface area contributed by atoms with E-state index in [1.54, 1.807) is 25.1 Å². The molecule has 9 heteroatoms. The van der Waals surface area contributed by atoms with Crippen molar-refractivity contribution in [1.29, 1.82) is 0 Å². The fraction of sp³-hybridized carbons (Fsp3) is 0.394. The summed E-state index contributed by atoms with van der Waals surface area (Å²) in [6.45, 7) is 5.39. The van der Waals surface area contributed by atoms with Crippen LogP contribution < -0.4 is 9.62 Å². The average molecular weight is 610 g/mol. The zero-order valence-electron chi connectivity index (χ0n) is 24.6. The summed E-state index contributed by atoms with van der Waals surface area (Å²) < 4.78 is 29.2. The van der Waals surface area contributed by atoms with E-state index in [9.17, 15) is 18.0 Å². The Morgan fingerprint density at radius 2 is 1.57 bits per heavy atom. The summed E-state index contributed by atoms with van der Waals surface area (Å²) in [5, 5.41) is 3.59. The van der Waals surface area contributed by atoms with E-state index in [2.05, 4.69) is 5.32 Å². The van der Waals surface area contributed by atoms with E-state index in [1.807, 2.05) is 44.2 Å². The highest BCUT2D eigenvalue weighted by Crippen LogP contribution is 2.28. The minimum Gasteiger partial charge on any atom is -0.352 e. The molecule has 4 rings (SSSR count). The van der Waals surface area contributed by atoms with Gasteiger partial charge in [0.15, 0.2) is 0 Å². The number of carbonyl (C=O) groups excluding carboxylic acids is 2. The van der Waals surface area contributed by atoms with E-state index in [0.29, 0.717) is 22.7 Å². The first-order chi connectivity index (χ1) is 20.1. The Balaban J connectivity index is 1.71. The van der Waals surface area contributed by atoms with Gasteiger partial charge in [-0.25, -0.2) is 8.42 Å². The summed E-state index contributed by atoms with van der Waals surface area (Å²) >= 11 is 6.04. The van der Waals surface area contributed by atoms with Crippen LogP contribution in [0.2, 0.25) is 5.02 Å². The van der Waals surface area contributed by atoms with Gasteiger partial charge in [0.1, 0.15) is 12.6 Å². The molecule has 0 radical (unpaired) electrons. The minimum atomic E-state index is -4.15. The number of nitrogens with zero attached hydrogens (tertiary/aromatic N) is 2. The van der Waals surface area contributed by atoms with Crippen LogP contribution in [-0.2, 0) is 26.2 Å². The number of halogens is 1. The summed E-state index contributed by atoms with van der Waals surface area (Å²) in [5.41, 5.74) is 3.05. The first-order valence-electron chi connectivity index (χ1n) is 14.6. The molecule has 0 aromatic heterocycles. The lowest BCUT2D eigenvalue weighted by Gasteiger charge is -2.34. The van der Waals surface area contributed by atoms with Gasteiger partial charge >= 0.3 is 0 Å². The Bertz CT molecular complexity index is 1470. The smallest absolute Gasteiger partial charge is 0.264 e. The summed E-state index contributed by atoms with van der Waals surface area (Å²) in [7, 11) is -4.15. The van der Waals surface area contributed by atoms with Crippen molar-refractivity contribution in [2.24, 2.45) is 0 Å². The SMILES string of the molecule is CCC(C(=O)NC1CCCCC1)N(Cc1ccc(C)cc1)C(=O)CN(c1ccccc1C)S(=O)(=O)c1ccc(Cl)cc1. The van der Waals surface area contributed by atoms with E-state index in [4.69, 9.17) is 11.6 Å². The molecule has 42 heavy (non-hydrogen) atoms. The van der Waals surface area contributed by atoms with Gasteiger partial charge in [-0.2, -0.15) is 0 Å². The first-order valence-corrected chi connectivity index (χ1v) is 16.4. The van der Waals surface area contributed by atoms with Gasteiger partial charge in [-0.3, -0.25) is 13.9 Å². The van der Waals surface area contributed by atoms with Crippen molar-refractivity contribution in [3.63, 3.8) is 0 Å². The highest BCUT2D eigenvalue weighted by Gasteiger charge is 2.34. The molecule has 224 valence electrons. The number of benzene rings is 3. The number of aryl methyl sites for hydroxylation is 2. The summed E-state index contributed by atoms with van der Waals surface area (Å²) in [6.07, 6.45) is 5.55. The molecule has 0 bridgehead atoms. The molecular formula is C33H40ClN3O4S. The van der Waals surface area contributed by atoms with Crippen molar-refractivity contribution in [1.82, 2.24) is 10.2 Å². The maximum absolute atomic E-state index is 14.3. The number of carbonyl (C=O) groups is 2. The molecule has 1 fully saturated rings. The summed E-state index contributed by atoms with van der Waals surface area (Å²) in [5.74, 6) is -0.658. The maximum Gasteiger partial charge on any atom is 0.264 e. The van der Waals surface area contributed by atoms with E-state index in [-0.39, 0.29) is 23.4 Å². The van der Waals surface area contributed by atoms with Crippen molar-refractivity contribution in [3.8, 4) is 0 Å². The van der Waals surface area contributed by atoms with Gasteiger partial charge in [-0.05, 0) is 74.6 Å². The summed E-state index contributed by atoms with van der Waals surface area (Å²) in [6, 6.07) is 20.1. The van der Waals surface area contributed by atoms with Crippen LogP contribution in [0, 0.1) is 13.8 Å². The molecule has 1 saturated carbocycles. The number of hydrogen-bond acceptors (Lipinski definition) is 4. The Labute approximate surface area is 254 Å².